The van der Waals surface area contributed by atoms with Crippen molar-refractivity contribution >= 4 is 23.9 Å². The van der Waals surface area contributed by atoms with Crippen LogP contribution < -0.4 is 14.8 Å². The van der Waals surface area contributed by atoms with E-state index in [0.717, 1.165) is 0 Å². The SMILES string of the molecule is CCC(=O)Oc1ccc(C[C@](NC(C)CC)(OC(=O)CC(C)(C)C)C(=O)O)cc1OC(=O)CC. The first-order valence-corrected chi connectivity index (χ1v) is 11.5. The summed E-state index contributed by atoms with van der Waals surface area (Å²) in [5.41, 5.74) is -2.05. The molecule has 0 aliphatic heterocycles. The van der Waals surface area contributed by atoms with Gasteiger partial charge in [0.2, 0.25) is 0 Å². The molecule has 0 amide bonds. The summed E-state index contributed by atoms with van der Waals surface area (Å²) >= 11 is 0. The van der Waals surface area contributed by atoms with Gasteiger partial charge in [-0.2, -0.15) is 0 Å². The second kappa shape index (κ2) is 12.5. The van der Waals surface area contributed by atoms with Crippen molar-refractivity contribution in [3.8, 4) is 11.5 Å². The third kappa shape index (κ3) is 9.13. The molecule has 0 saturated carbocycles. The van der Waals surface area contributed by atoms with Crippen molar-refractivity contribution in [2.24, 2.45) is 5.41 Å². The van der Waals surface area contributed by atoms with E-state index in [1.807, 2.05) is 27.7 Å². The summed E-state index contributed by atoms with van der Waals surface area (Å²) in [7, 11) is 0. The average molecular weight is 480 g/mol. The number of nitrogens with one attached hydrogen (secondary N) is 1. The summed E-state index contributed by atoms with van der Waals surface area (Å²) in [6.07, 6.45) is 0.575. The highest BCUT2D eigenvalue weighted by Crippen LogP contribution is 2.32. The van der Waals surface area contributed by atoms with E-state index in [9.17, 15) is 24.3 Å². The van der Waals surface area contributed by atoms with Gasteiger partial charge in [0.15, 0.2) is 11.5 Å². The maximum absolute atomic E-state index is 12.6. The Kier molecular flexibility index (Phi) is 10.7. The van der Waals surface area contributed by atoms with Gasteiger partial charge in [-0.25, -0.2) is 4.79 Å². The van der Waals surface area contributed by atoms with E-state index in [1.165, 1.54) is 18.2 Å². The predicted molar refractivity (Wildman–Crippen MR) is 125 cm³/mol. The van der Waals surface area contributed by atoms with Crippen LogP contribution in [0.25, 0.3) is 0 Å². The van der Waals surface area contributed by atoms with Crippen LogP contribution in [0.2, 0.25) is 0 Å². The van der Waals surface area contributed by atoms with Crippen LogP contribution >= 0.6 is 0 Å². The average Bonchev–Trinajstić information content (AvgIpc) is 2.73. The Balaban J connectivity index is 3.44. The van der Waals surface area contributed by atoms with E-state index in [1.54, 1.807) is 20.8 Å². The summed E-state index contributed by atoms with van der Waals surface area (Å²) in [6.45, 7) is 12.5. The van der Waals surface area contributed by atoms with Crippen molar-refractivity contribution in [1.82, 2.24) is 5.32 Å². The van der Waals surface area contributed by atoms with Gasteiger partial charge in [-0.15, -0.1) is 0 Å². The van der Waals surface area contributed by atoms with Crippen molar-refractivity contribution in [2.45, 2.75) is 92.3 Å². The first-order chi connectivity index (χ1) is 15.7. The van der Waals surface area contributed by atoms with Crippen LogP contribution in [0.1, 0.15) is 79.7 Å². The minimum absolute atomic E-state index is 0.0185. The van der Waals surface area contributed by atoms with Crippen LogP contribution in [-0.2, 0) is 30.3 Å². The minimum atomic E-state index is -2.05. The molecule has 34 heavy (non-hydrogen) atoms. The molecule has 2 atom stereocenters. The largest absolute Gasteiger partial charge is 0.477 e. The summed E-state index contributed by atoms with van der Waals surface area (Å²) in [4.78, 5) is 48.8. The highest BCUT2D eigenvalue weighted by molar-refractivity contribution is 5.82. The summed E-state index contributed by atoms with van der Waals surface area (Å²) in [5.74, 6) is -3.06. The van der Waals surface area contributed by atoms with Gasteiger partial charge in [-0.05, 0) is 36.5 Å². The second-order valence-electron chi connectivity index (χ2n) is 9.41. The molecule has 0 fully saturated rings. The fourth-order valence-corrected chi connectivity index (χ4v) is 2.96. The molecule has 9 heteroatoms. The first-order valence-electron chi connectivity index (χ1n) is 11.5. The molecule has 0 bridgehead atoms. The highest BCUT2D eigenvalue weighted by atomic mass is 16.6. The van der Waals surface area contributed by atoms with Gasteiger partial charge in [0.1, 0.15) is 0 Å². The second-order valence-corrected chi connectivity index (χ2v) is 9.41. The Morgan fingerprint density at radius 1 is 0.941 bits per heavy atom. The maximum atomic E-state index is 12.6. The van der Waals surface area contributed by atoms with Gasteiger partial charge in [0.05, 0.1) is 6.42 Å². The number of esters is 3. The molecule has 190 valence electrons. The molecular weight excluding hydrogens is 442 g/mol. The Hall–Kier alpha value is -2.94. The molecule has 1 unspecified atom stereocenters. The van der Waals surface area contributed by atoms with E-state index in [-0.39, 0.29) is 43.2 Å². The van der Waals surface area contributed by atoms with Gasteiger partial charge >= 0.3 is 23.9 Å². The zero-order valence-corrected chi connectivity index (χ0v) is 21.1. The van der Waals surface area contributed by atoms with Crippen LogP contribution in [0.3, 0.4) is 0 Å². The number of carboxylic acid groups (broad SMARTS) is 1. The van der Waals surface area contributed by atoms with Crippen molar-refractivity contribution in [3.63, 3.8) is 0 Å². The summed E-state index contributed by atoms with van der Waals surface area (Å²) in [6, 6.07) is 4.10. The lowest BCUT2D eigenvalue weighted by Gasteiger charge is -2.34. The molecule has 0 aliphatic carbocycles. The summed E-state index contributed by atoms with van der Waals surface area (Å²) in [5, 5.41) is 13.1. The normalized spacial score (nSPS) is 14.0. The Morgan fingerprint density at radius 3 is 1.97 bits per heavy atom. The Labute approximate surface area is 201 Å². The monoisotopic (exact) mass is 479 g/mol. The molecule has 1 aromatic rings. The van der Waals surface area contributed by atoms with E-state index in [4.69, 9.17) is 14.2 Å². The fourth-order valence-electron chi connectivity index (χ4n) is 2.96. The quantitative estimate of drug-likeness (QED) is 0.259. The van der Waals surface area contributed by atoms with Crippen LogP contribution in [0.15, 0.2) is 18.2 Å². The Morgan fingerprint density at radius 2 is 1.50 bits per heavy atom. The van der Waals surface area contributed by atoms with Gasteiger partial charge in [-0.3, -0.25) is 19.7 Å². The molecule has 0 heterocycles. The van der Waals surface area contributed by atoms with E-state index < -0.39 is 35.0 Å². The number of benzene rings is 1. The standard InChI is InChI=1S/C25H37NO8/c1-8-16(4)26-25(23(30)31,34-22(29)15-24(5,6)7)14-17-11-12-18(32-20(27)9-2)19(13-17)33-21(28)10-3/h11-13,16,26H,8-10,14-15H2,1-7H3,(H,30,31)/t16?,25-/m0/s1. The van der Waals surface area contributed by atoms with E-state index >= 15 is 0 Å². The number of hydrogen-bond acceptors (Lipinski definition) is 8. The molecule has 0 aliphatic rings. The molecule has 9 nitrogen and oxygen atoms in total. The molecule has 0 saturated heterocycles. The van der Waals surface area contributed by atoms with Crippen LogP contribution in [-0.4, -0.2) is 40.8 Å². The first kappa shape index (κ1) is 29.1. The van der Waals surface area contributed by atoms with Gasteiger partial charge in [-0.1, -0.05) is 47.6 Å². The lowest BCUT2D eigenvalue weighted by atomic mass is 9.92. The molecule has 0 aromatic heterocycles. The smallest absolute Gasteiger partial charge is 0.364 e. The third-order valence-corrected chi connectivity index (χ3v) is 4.89. The number of carboxylic acids is 1. The van der Waals surface area contributed by atoms with Crippen LogP contribution in [0, 0.1) is 5.41 Å². The highest BCUT2D eigenvalue weighted by Gasteiger charge is 2.44. The van der Waals surface area contributed by atoms with Gasteiger partial charge < -0.3 is 19.3 Å². The van der Waals surface area contributed by atoms with Crippen molar-refractivity contribution in [1.29, 1.82) is 0 Å². The van der Waals surface area contributed by atoms with Gasteiger partial charge in [0, 0.05) is 25.3 Å². The lowest BCUT2D eigenvalue weighted by molar-refractivity contribution is -0.185. The van der Waals surface area contributed by atoms with Crippen molar-refractivity contribution in [2.75, 3.05) is 0 Å². The number of ether oxygens (including phenoxy) is 3. The lowest BCUT2D eigenvalue weighted by Crippen LogP contribution is -2.59. The number of rotatable bonds is 12. The van der Waals surface area contributed by atoms with Crippen LogP contribution in [0.5, 0.6) is 11.5 Å². The zero-order chi connectivity index (χ0) is 26.1. The van der Waals surface area contributed by atoms with Gasteiger partial charge in [0.25, 0.3) is 5.72 Å². The zero-order valence-electron chi connectivity index (χ0n) is 21.1. The number of carbonyl (C=O) groups excluding carboxylic acids is 3. The van der Waals surface area contributed by atoms with Crippen molar-refractivity contribution < 1.29 is 38.5 Å². The number of aliphatic carboxylic acids is 1. The third-order valence-electron chi connectivity index (χ3n) is 4.89. The maximum Gasteiger partial charge on any atom is 0.364 e. The molecular formula is C25H37NO8. The molecule has 0 radical (unpaired) electrons. The topological polar surface area (TPSA) is 128 Å². The fraction of sp³-hybridized carbons (Fsp3) is 0.600. The molecule has 1 rings (SSSR count). The van der Waals surface area contributed by atoms with E-state index in [0.29, 0.717) is 12.0 Å². The van der Waals surface area contributed by atoms with E-state index in [2.05, 4.69) is 5.32 Å². The Bertz CT molecular complexity index is 889. The number of carbonyl (C=O) groups is 4. The van der Waals surface area contributed by atoms with Crippen LogP contribution in [0.4, 0.5) is 0 Å². The number of hydrogen-bond donors (Lipinski definition) is 2. The molecule has 0 spiro atoms. The molecule has 1 aromatic carbocycles. The van der Waals surface area contributed by atoms with Crippen molar-refractivity contribution in [3.05, 3.63) is 23.8 Å². The minimum Gasteiger partial charge on any atom is -0.477 e. The predicted octanol–water partition coefficient (Wildman–Crippen LogP) is 4.01. The summed E-state index contributed by atoms with van der Waals surface area (Å²) < 4.78 is 16.1. The molecule has 2 N–H and O–H groups in total.